The molecular formula is C32H41O3P. The molecule has 0 aromatic heterocycles. The zero-order valence-corrected chi connectivity index (χ0v) is 24.9. The van der Waals surface area contributed by atoms with Gasteiger partial charge in [-0.1, -0.05) is 53.7 Å². The number of rotatable bonds is 2. The van der Waals surface area contributed by atoms with Gasteiger partial charge in [-0.15, -0.1) is 0 Å². The molecule has 0 saturated heterocycles. The molecule has 0 radical (unpaired) electrons. The van der Waals surface area contributed by atoms with E-state index in [1.54, 1.807) is 0 Å². The molecule has 192 valence electrons. The number of hydrogen-bond acceptors (Lipinski definition) is 3. The molecule has 0 aliphatic carbocycles. The van der Waals surface area contributed by atoms with Gasteiger partial charge in [0.05, 0.1) is 0 Å². The fourth-order valence-electron chi connectivity index (χ4n) is 5.89. The van der Waals surface area contributed by atoms with Crippen molar-refractivity contribution in [3.63, 3.8) is 0 Å². The van der Waals surface area contributed by atoms with Crippen LogP contribution in [0.4, 0.5) is 0 Å². The first-order chi connectivity index (χ1) is 16.5. The molecule has 4 heteroatoms. The third kappa shape index (κ3) is 4.10. The van der Waals surface area contributed by atoms with Crippen LogP contribution in [0.2, 0.25) is 0 Å². The van der Waals surface area contributed by atoms with Gasteiger partial charge in [0.2, 0.25) is 0 Å². The minimum Gasteiger partial charge on any atom is -0.426 e. The molecule has 0 saturated carbocycles. The van der Waals surface area contributed by atoms with Crippen molar-refractivity contribution in [3.8, 4) is 5.75 Å². The van der Waals surface area contributed by atoms with Crippen LogP contribution in [0.1, 0.15) is 86.1 Å². The molecule has 0 atom stereocenters. The molecule has 0 aliphatic rings. The van der Waals surface area contributed by atoms with Crippen molar-refractivity contribution in [2.24, 2.45) is 0 Å². The van der Waals surface area contributed by atoms with Crippen molar-refractivity contribution < 1.29 is 14.3 Å². The van der Waals surface area contributed by atoms with Crippen molar-refractivity contribution in [2.75, 3.05) is 0 Å². The molecule has 0 amide bonds. The number of fused-ring (bicyclic) bond motifs is 6. The molecule has 0 unspecified atom stereocenters. The maximum Gasteiger partial charge on any atom is 0.391 e. The van der Waals surface area contributed by atoms with Crippen LogP contribution in [-0.2, 0) is 10.8 Å². The standard InChI is InChI=1S/C32H41O3P/c1-16-14-23(31(7,8)9)28-22-13-18(3)30(35-36(33)34)21(6)25(22)29-24(32(10,11)12)15-17(2)20(5)27(29)26(28)19(16)4/h13-15,33-34H,1-12H3. The number of benzene rings is 4. The van der Waals surface area contributed by atoms with Gasteiger partial charge in [-0.25, -0.2) is 0 Å². The minimum atomic E-state index is -2.52. The van der Waals surface area contributed by atoms with Crippen molar-refractivity contribution in [3.05, 3.63) is 62.7 Å². The molecule has 0 aliphatic heterocycles. The first-order valence-corrected chi connectivity index (χ1v) is 13.9. The summed E-state index contributed by atoms with van der Waals surface area (Å²) in [5, 5.41) is 7.56. The van der Waals surface area contributed by atoms with Crippen LogP contribution < -0.4 is 4.52 Å². The second-order valence-corrected chi connectivity index (χ2v) is 13.3. The average Bonchev–Trinajstić information content (AvgIpc) is 2.73. The first kappa shape index (κ1) is 26.9. The zero-order chi connectivity index (χ0) is 27.1. The molecule has 36 heavy (non-hydrogen) atoms. The predicted molar refractivity (Wildman–Crippen MR) is 157 cm³/mol. The lowest BCUT2D eigenvalue weighted by molar-refractivity contribution is 0.373. The van der Waals surface area contributed by atoms with Gasteiger partial charge in [0.15, 0.2) is 0 Å². The van der Waals surface area contributed by atoms with Crippen LogP contribution >= 0.6 is 8.60 Å². The van der Waals surface area contributed by atoms with E-state index < -0.39 is 8.60 Å². The lowest BCUT2D eigenvalue weighted by Crippen LogP contribution is -2.15. The number of aryl methyl sites for hydroxylation is 6. The molecule has 3 nitrogen and oxygen atoms in total. The lowest BCUT2D eigenvalue weighted by Gasteiger charge is -2.30. The van der Waals surface area contributed by atoms with Gasteiger partial charge in [-0.2, -0.15) is 0 Å². The van der Waals surface area contributed by atoms with Gasteiger partial charge >= 0.3 is 8.60 Å². The second-order valence-electron chi connectivity index (χ2n) is 12.6. The average molecular weight is 505 g/mol. The van der Waals surface area contributed by atoms with E-state index in [1.165, 1.54) is 60.3 Å². The van der Waals surface area contributed by atoms with Gasteiger partial charge in [0.25, 0.3) is 0 Å². The largest absolute Gasteiger partial charge is 0.426 e. The molecule has 4 aromatic carbocycles. The second kappa shape index (κ2) is 8.69. The van der Waals surface area contributed by atoms with Gasteiger partial charge in [0.1, 0.15) is 5.75 Å². The Labute approximate surface area is 217 Å². The van der Waals surface area contributed by atoms with E-state index in [4.69, 9.17) is 4.52 Å². The molecule has 2 N–H and O–H groups in total. The maximum absolute atomic E-state index is 9.79. The summed E-state index contributed by atoms with van der Waals surface area (Å²) in [4.78, 5) is 19.6. The fraction of sp³-hybridized carbons (Fsp3) is 0.438. The zero-order valence-electron chi connectivity index (χ0n) is 24.0. The first-order valence-electron chi connectivity index (χ1n) is 12.8. The highest BCUT2D eigenvalue weighted by molar-refractivity contribution is 7.39. The molecule has 4 rings (SSSR count). The summed E-state index contributed by atoms with van der Waals surface area (Å²) in [6, 6.07) is 6.92. The third-order valence-corrected chi connectivity index (χ3v) is 8.30. The normalized spacial score (nSPS) is 13.0. The van der Waals surface area contributed by atoms with Crippen LogP contribution in [0, 0.1) is 41.5 Å². The Bertz CT molecular complexity index is 1550. The van der Waals surface area contributed by atoms with Gasteiger partial charge in [0, 0.05) is 5.56 Å². The van der Waals surface area contributed by atoms with Crippen LogP contribution in [0.3, 0.4) is 0 Å². The molecule has 0 spiro atoms. The van der Waals surface area contributed by atoms with Gasteiger partial charge < -0.3 is 14.3 Å². The summed E-state index contributed by atoms with van der Waals surface area (Å²) in [5.74, 6) is 0.568. The quantitative estimate of drug-likeness (QED) is 0.211. The van der Waals surface area contributed by atoms with Crippen molar-refractivity contribution in [2.45, 2.75) is 93.9 Å². The summed E-state index contributed by atoms with van der Waals surface area (Å²) >= 11 is 0. The molecule has 4 aromatic rings. The Morgan fingerprint density at radius 3 is 1.44 bits per heavy atom. The van der Waals surface area contributed by atoms with E-state index in [0.717, 1.165) is 16.5 Å². The van der Waals surface area contributed by atoms with E-state index in [1.807, 2.05) is 6.92 Å². The Balaban J connectivity index is 2.55. The molecular weight excluding hydrogens is 463 g/mol. The topological polar surface area (TPSA) is 49.7 Å². The van der Waals surface area contributed by atoms with Crippen molar-refractivity contribution in [1.29, 1.82) is 0 Å². The SMILES string of the molecule is Cc1cc2c(c(C)c1OP(O)O)c1c(C(C)(C)C)cc(C)c(C)c1c1c(C)c(C)cc(C(C)(C)C)c21. The smallest absolute Gasteiger partial charge is 0.391 e. The van der Waals surface area contributed by atoms with Gasteiger partial charge in [-0.3, -0.25) is 0 Å². The van der Waals surface area contributed by atoms with Crippen LogP contribution in [0.15, 0.2) is 18.2 Å². The monoisotopic (exact) mass is 504 g/mol. The minimum absolute atomic E-state index is 0.0522. The Hall–Kier alpha value is -2.19. The van der Waals surface area contributed by atoms with E-state index in [0.29, 0.717) is 5.75 Å². The lowest BCUT2D eigenvalue weighted by atomic mass is 9.74. The van der Waals surface area contributed by atoms with Crippen molar-refractivity contribution in [1.82, 2.24) is 0 Å². The summed E-state index contributed by atoms with van der Waals surface area (Å²) in [7, 11) is -2.52. The molecule has 0 bridgehead atoms. The maximum atomic E-state index is 9.79. The Kier molecular flexibility index (Phi) is 6.48. The van der Waals surface area contributed by atoms with E-state index >= 15 is 0 Å². The summed E-state index contributed by atoms with van der Waals surface area (Å²) in [6.07, 6.45) is 0. The summed E-state index contributed by atoms with van der Waals surface area (Å²) < 4.78 is 5.64. The van der Waals surface area contributed by atoms with E-state index in [-0.39, 0.29) is 10.8 Å². The molecule has 0 heterocycles. The Morgan fingerprint density at radius 1 is 0.556 bits per heavy atom. The van der Waals surface area contributed by atoms with Crippen LogP contribution in [-0.4, -0.2) is 9.79 Å². The van der Waals surface area contributed by atoms with Crippen LogP contribution in [0.25, 0.3) is 32.3 Å². The highest BCUT2D eigenvalue weighted by Crippen LogP contribution is 2.50. The summed E-state index contributed by atoms with van der Waals surface area (Å²) in [6.45, 7) is 26.7. The fourth-order valence-corrected chi connectivity index (χ4v) is 6.33. The Morgan fingerprint density at radius 2 is 1.00 bits per heavy atom. The molecule has 0 fully saturated rings. The van der Waals surface area contributed by atoms with Crippen molar-refractivity contribution >= 4 is 40.9 Å². The summed E-state index contributed by atoms with van der Waals surface area (Å²) in [5.41, 5.74) is 9.60. The third-order valence-electron chi connectivity index (χ3n) is 7.96. The van der Waals surface area contributed by atoms with Gasteiger partial charge in [-0.05, 0) is 130 Å². The van der Waals surface area contributed by atoms with Crippen LogP contribution in [0.5, 0.6) is 5.75 Å². The van der Waals surface area contributed by atoms with E-state index in [9.17, 15) is 9.79 Å². The highest BCUT2D eigenvalue weighted by atomic mass is 31.2. The highest BCUT2D eigenvalue weighted by Gasteiger charge is 2.29. The predicted octanol–water partition coefficient (Wildman–Crippen LogP) is 9.18. The number of hydrogen-bond donors (Lipinski definition) is 2. The van der Waals surface area contributed by atoms with E-state index in [2.05, 4.69) is 94.4 Å².